The predicted octanol–water partition coefficient (Wildman–Crippen LogP) is 4.65. The second-order valence-corrected chi connectivity index (χ2v) is 7.54. The van der Waals surface area contributed by atoms with Crippen LogP contribution in [0.15, 0.2) is 40.4 Å². The van der Waals surface area contributed by atoms with Crippen molar-refractivity contribution in [3.05, 3.63) is 51.5 Å². The van der Waals surface area contributed by atoms with Gasteiger partial charge in [-0.3, -0.25) is 4.79 Å². The molecular weight excluding hydrogens is 492 g/mol. The Labute approximate surface area is 201 Å². The lowest BCUT2D eigenvalue weighted by Gasteiger charge is -2.14. The van der Waals surface area contributed by atoms with Crippen molar-refractivity contribution >= 4 is 39.6 Å². The molecule has 2 aromatic carbocycles. The number of aryl methyl sites for hydroxylation is 1. The highest BCUT2D eigenvalue weighted by Crippen LogP contribution is 2.37. The van der Waals surface area contributed by atoms with E-state index in [1.807, 2.05) is 19.1 Å². The number of nitriles is 1. The third-order valence-corrected chi connectivity index (χ3v) is 4.84. The smallest absolute Gasteiger partial charge is 0.344 e. The number of ether oxygens (including phenoxy) is 4. The number of nitrogens with one attached hydrogen (secondary N) is 1. The lowest BCUT2D eigenvalue weighted by molar-refractivity contribution is -0.145. The average molecular weight is 517 g/mol. The monoisotopic (exact) mass is 516 g/mol. The molecule has 2 rings (SSSR count). The molecule has 0 bridgehead atoms. The molecule has 0 saturated heterocycles. The number of carbonyl (C=O) groups is 2. The zero-order chi connectivity index (χ0) is 24.4. The van der Waals surface area contributed by atoms with Gasteiger partial charge in [-0.2, -0.15) is 5.26 Å². The average Bonchev–Trinajstić information content (AvgIpc) is 2.77. The summed E-state index contributed by atoms with van der Waals surface area (Å²) in [4.78, 5) is 24.4. The first-order valence-corrected chi connectivity index (χ1v) is 10.9. The maximum Gasteiger partial charge on any atom is 0.344 e. The van der Waals surface area contributed by atoms with E-state index in [4.69, 9.17) is 18.9 Å². The summed E-state index contributed by atoms with van der Waals surface area (Å²) in [5.74, 6) is 0.0506. The molecule has 8 nitrogen and oxygen atoms in total. The number of hydrogen-bond donors (Lipinski definition) is 1. The maximum atomic E-state index is 12.8. The number of nitrogens with zero attached hydrogens (tertiary/aromatic N) is 1. The van der Waals surface area contributed by atoms with E-state index in [-0.39, 0.29) is 18.8 Å². The first kappa shape index (κ1) is 25.7. The van der Waals surface area contributed by atoms with Crippen molar-refractivity contribution < 1.29 is 28.5 Å². The van der Waals surface area contributed by atoms with Crippen LogP contribution in [0.25, 0.3) is 6.08 Å². The van der Waals surface area contributed by atoms with E-state index in [0.717, 1.165) is 5.56 Å². The number of hydrogen-bond acceptors (Lipinski definition) is 7. The molecule has 33 heavy (non-hydrogen) atoms. The Balaban J connectivity index is 2.33. The van der Waals surface area contributed by atoms with Crippen molar-refractivity contribution in [2.24, 2.45) is 0 Å². The number of esters is 1. The lowest BCUT2D eigenvalue weighted by Crippen LogP contribution is -2.15. The van der Waals surface area contributed by atoms with Gasteiger partial charge in [0, 0.05) is 0 Å². The molecule has 2 aromatic rings. The third kappa shape index (κ3) is 7.26. The van der Waals surface area contributed by atoms with E-state index in [1.54, 1.807) is 38.1 Å². The molecule has 0 unspecified atom stereocenters. The van der Waals surface area contributed by atoms with E-state index < -0.39 is 11.9 Å². The Bertz CT molecular complexity index is 1090. The molecule has 9 heteroatoms. The van der Waals surface area contributed by atoms with Crippen LogP contribution in [-0.4, -0.2) is 38.8 Å². The first-order chi connectivity index (χ1) is 15.8. The largest absolute Gasteiger partial charge is 0.495 e. The number of carbonyl (C=O) groups excluding carboxylic acids is 2. The summed E-state index contributed by atoms with van der Waals surface area (Å²) in [5.41, 5.74) is 1.80. The molecule has 1 amide bonds. The van der Waals surface area contributed by atoms with Crippen molar-refractivity contribution in [2.75, 3.05) is 32.2 Å². The van der Waals surface area contributed by atoms with Crippen LogP contribution in [0.5, 0.6) is 17.2 Å². The number of methoxy groups -OCH3 is 1. The molecule has 0 aliphatic carbocycles. The first-order valence-electron chi connectivity index (χ1n) is 10.1. The molecule has 174 valence electrons. The number of rotatable bonds is 10. The fourth-order valence-corrected chi connectivity index (χ4v) is 3.41. The fourth-order valence-electron chi connectivity index (χ4n) is 2.83. The molecule has 0 aromatic heterocycles. The quantitative estimate of drug-likeness (QED) is 0.278. The third-order valence-electron chi connectivity index (χ3n) is 4.25. The van der Waals surface area contributed by atoms with Crippen LogP contribution in [-0.2, 0) is 14.3 Å². The molecule has 0 spiro atoms. The second-order valence-electron chi connectivity index (χ2n) is 6.68. The minimum absolute atomic E-state index is 0.118. The van der Waals surface area contributed by atoms with Gasteiger partial charge in [0.15, 0.2) is 18.1 Å². The summed E-state index contributed by atoms with van der Waals surface area (Å²) >= 11 is 3.40. The number of benzene rings is 2. The summed E-state index contributed by atoms with van der Waals surface area (Å²) in [7, 11) is 1.50. The Morgan fingerprint density at radius 1 is 1.12 bits per heavy atom. The van der Waals surface area contributed by atoms with Gasteiger partial charge in [0.05, 0.1) is 30.5 Å². The minimum atomic E-state index is -0.585. The SMILES string of the molecule is CCOC(=O)COc1c(Br)cc(/C=C(\C#N)C(=O)Nc2cc(C)ccc2OC)cc1OCC. The number of amides is 1. The molecular formula is C24H25BrN2O6. The zero-order valence-corrected chi connectivity index (χ0v) is 20.4. The molecule has 0 saturated carbocycles. The second kappa shape index (κ2) is 12.5. The lowest BCUT2D eigenvalue weighted by atomic mass is 10.1. The van der Waals surface area contributed by atoms with E-state index in [2.05, 4.69) is 21.2 Å². The Morgan fingerprint density at radius 3 is 2.52 bits per heavy atom. The molecule has 0 heterocycles. The van der Waals surface area contributed by atoms with Gasteiger partial charge < -0.3 is 24.3 Å². The van der Waals surface area contributed by atoms with Crippen LogP contribution < -0.4 is 19.5 Å². The molecule has 0 fully saturated rings. The Kier molecular flexibility index (Phi) is 9.76. The summed E-state index contributed by atoms with van der Waals surface area (Å²) in [6.45, 7) is 5.70. The summed E-state index contributed by atoms with van der Waals surface area (Å²) in [5, 5.41) is 12.3. The van der Waals surface area contributed by atoms with Gasteiger partial charge in [0.2, 0.25) is 0 Å². The van der Waals surface area contributed by atoms with Crippen LogP contribution in [0.2, 0.25) is 0 Å². The summed E-state index contributed by atoms with van der Waals surface area (Å²) in [6.07, 6.45) is 1.43. The minimum Gasteiger partial charge on any atom is -0.495 e. The van der Waals surface area contributed by atoms with Crippen LogP contribution in [0.4, 0.5) is 5.69 Å². The van der Waals surface area contributed by atoms with Crippen LogP contribution in [0.3, 0.4) is 0 Å². The van der Waals surface area contributed by atoms with Gasteiger partial charge in [-0.25, -0.2) is 4.79 Å². The van der Waals surface area contributed by atoms with E-state index in [0.29, 0.717) is 39.6 Å². The van der Waals surface area contributed by atoms with Crippen molar-refractivity contribution in [3.8, 4) is 23.3 Å². The van der Waals surface area contributed by atoms with E-state index in [1.165, 1.54) is 13.2 Å². The normalized spacial score (nSPS) is 10.7. The topological polar surface area (TPSA) is 107 Å². The fraction of sp³-hybridized carbons (Fsp3) is 0.292. The van der Waals surface area contributed by atoms with Gasteiger partial charge in [0.25, 0.3) is 5.91 Å². The van der Waals surface area contributed by atoms with Gasteiger partial charge >= 0.3 is 5.97 Å². The van der Waals surface area contributed by atoms with Crippen molar-refractivity contribution in [1.82, 2.24) is 0 Å². The Hall–Kier alpha value is -3.51. The van der Waals surface area contributed by atoms with Crippen LogP contribution in [0.1, 0.15) is 25.0 Å². The molecule has 0 radical (unpaired) electrons. The predicted molar refractivity (Wildman–Crippen MR) is 127 cm³/mol. The summed E-state index contributed by atoms with van der Waals surface area (Å²) < 4.78 is 21.8. The molecule has 0 aliphatic rings. The highest BCUT2D eigenvalue weighted by molar-refractivity contribution is 9.10. The van der Waals surface area contributed by atoms with Gasteiger partial charge in [-0.05, 0) is 78.2 Å². The van der Waals surface area contributed by atoms with Gasteiger partial charge in [-0.1, -0.05) is 6.07 Å². The highest BCUT2D eigenvalue weighted by Gasteiger charge is 2.17. The molecule has 0 aliphatic heterocycles. The number of halogens is 1. The maximum absolute atomic E-state index is 12.8. The van der Waals surface area contributed by atoms with Crippen LogP contribution >= 0.6 is 15.9 Å². The van der Waals surface area contributed by atoms with E-state index in [9.17, 15) is 14.9 Å². The van der Waals surface area contributed by atoms with E-state index >= 15 is 0 Å². The van der Waals surface area contributed by atoms with Crippen molar-refractivity contribution in [1.29, 1.82) is 5.26 Å². The van der Waals surface area contributed by atoms with Crippen LogP contribution in [0, 0.1) is 18.3 Å². The zero-order valence-electron chi connectivity index (χ0n) is 18.9. The number of anilines is 1. The molecule has 1 N–H and O–H groups in total. The van der Waals surface area contributed by atoms with Crippen molar-refractivity contribution in [3.63, 3.8) is 0 Å². The van der Waals surface area contributed by atoms with Crippen molar-refractivity contribution in [2.45, 2.75) is 20.8 Å². The molecule has 0 atom stereocenters. The van der Waals surface area contributed by atoms with Gasteiger partial charge in [0.1, 0.15) is 17.4 Å². The summed E-state index contributed by atoms with van der Waals surface area (Å²) in [6, 6.07) is 10.5. The van der Waals surface area contributed by atoms with Gasteiger partial charge in [-0.15, -0.1) is 0 Å². The highest BCUT2D eigenvalue weighted by atomic mass is 79.9. The Morgan fingerprint density at radius 2 is 1.88 bits per heavy atom. The standard InChI is InChI=1S/C24H25BrN2O6/c1-5-31-21-12-16(11-18(25)23(21)33-14-22(28)32-6-2)10-17(13-26)24(29)27-19-9-15(3)7-8-20(19)30-4/h7-12H,5-6,14H2,1-4H3,(H,27,29)/b17-10+.